The van der Waals surface area contributed by atoms with Gasteiger partial charge >= 0.3 is 5.97 Å². The van der Waals surface area contributed by atoms with Gasteiger partial charge in [0.2, 0.25) is 0 Å². The van der Waals surface area contributed by atoms with Gasteiger partial charge in [-0.3, -0.25) is 4.90 Å². The standard InChI is InChI=1S/C14H18FNO2/c1-2-7-16(12-4-5-12)9-10-8-11(15)3-6-13(10)14(17)18/h3,6,8,12H,2,4-5,7,9H2,1H3,(H,17,18). The van der Waals surface area contributed by atoms with Crippen LogP contribution in [0.5, 0.6) is 0 Å². The first-order valence-corrected chi connectivity index (χ1v) is 6.37. The van der Waals surface area contributed by atoms with E-state index in [1.807, 2.05) is 0 Å². The Labute approximate surface area is 106 Å². The van der Waals surface area contributed by atoms with Crippen molar-refractivity contribution in [2.24, 2.45) is 0 Å². The van der Waals surface area contributed by atoms with Gasteiger partial charge in [0.25, 0.3) is 0 Å². The zero-order valence-electron chi connectivity index (χ0n) is 10.5. The van der Waals surface area contributed by atoms with Crippen molar-refractivity contribution < 1.29 is 14.3 Å². The van der Waals surface area contributed by atoms with E-state index in [2.05, 4.69) is 11.8 Å². The Bertz CT molecular complexity index is 443. The predicted molar refractivity (Wildman–Crippen MR) is 67.1 cm³/mol. The minimum Gasteiger partial charge on any atom is -0.478 e. The lowest BCUT2D eigenvalue weighted by molar-refractivity contribution is 0.0694. The molecule has 0 amide bonds. The van der Waals surface area contributed by atoms with Gasteiger partial charge in [-0.15, -0.1) is 0 Å². The lowest BCUT2D eigenvalue weighted by Crippen LogP contribution is -2.27. The summed E-state index contributed by atoms with van der Waals surface area (Å²) in [5.74, 6) is -1.36. The van der Waals surface area contributed by atoms with E-state index >= 15 is 0 Å². The number of carboxylic acids is 1. The second-order valence-electron chi connectivity index (χ2n) is 4.81. The third-order valence-electron chi connectivity index (χ3n) is 3.25. The first kappa shape index (κ1) is 13.0. The van der Waals surface area contributed by atoms with Gasteiger partial charge in [-0.1, -0.05) is 6.92 Å². The van der Waals surface area contributed by atoms with Gasteiger partial charge in [0.1, 0.15) is 5.82 Å². The van der Waals surface area contributed by atoms with Crippen LogP contribution in [-0.2, 0) is 6.54 Å². The van der Waals surface area contributed by atoms with Crippen molar-refractivity contribution in [2.45, 2.75) is 38.8 Å². The fraction of sp³-hybridized carbons (Fsp3) is 0.500. The van der Waals surface area contributed by atoms with Gasteiger partial charge in [0, 0.05) is 12.6 Å². The largest absolute Gasteiger partial charge is 0.478 e. The fourth-order valence-corrected chi connectivity index (χ4v) is 2.24. The van der Waals surface area contributed by atoms with E-state index in [1.54, 1.807) is 0 Å². The number of hydrogen-bond acceptors (Lipinski definition) is 2. The molecule has 2 rings (SSSR count). The van der Waals surface area contributed by atoms with Gasteiger partial charge in [-0.05, 0) is 49.6 Å². The van der Waals surface area contributed by atoms with Crippen LogP contribution in [0.3, 0.4) is 0 Å². The molecule has 1 saturated carbocycles. The summed E-state index contributed by atoms with van der Waals surface area (Å²) in [5.41, 5.74) is 0.779. The highest BCUT2D eigenvalue weighted by Crippen LogP contribution is 2.29. The lowest BCUT2D eigenvalue weighted by atomic mass is 10.1. The molecule has 4 heteroatoms. The molecule has 1 aromatic rings. The number of rotatable bonds is 6. The predicted octanol–water partition coefficient (Wildman–Crippen LogP) is 2.90. The third kappa shape index (κ3) is 3.07. The molecule has 1 fully saturated rings. The van der Waals surface area contributed by atoms with Crippen LogP contribution in [-0.4, -0.2) is 28.6 Å². The summed E-state index contributed by atoms with van der Waals surface area (Å²) in [5, 5.41) is 9.11. The molecule has 18 heavy (non-hydrogen) atoms. The Kier molecular flexibility index (Phi) is 3.97. The summed E-state index contributed by atoms with van der Waals surface area (Å²) in [4.78, 5) is 13.4. The van der Waals surface area contributed by atoms with Gasteiger partial charge in [0.05, 0.1) is 5.56 Å². The van der Waals surface area contributed by atoms with E-state index in [4.69, 9.17) is 5.11 Å². The molecule has 0 spiro atoms. The summed E-state index contributed by atoms with van der Waals surface area (Å²) < 4.78 is 13.3. The van der Waals surface area contributed by atoms with Crippen LogP contribution in [0.15, 0.2) is 18.2 Å². The van der Waals surface area contributed by atoms with Crippen LogP contribution in [0.2, 0.25) is 0 Å². The molecule has 0 radical (unpaired) electrons. The van der Waals surface area contributed by atoms with Gasteiger partial charge in [0.15, 0.2) is 0 Å². The maximum Gasteiger partial charge on any atom is 0.336 e. The Hall–Kier alpha value is -1.42. The highest BCUT2D eigenvalue weighted by Gasteiger charge is 2.29. The van der Waals surface area contributed by atoms with E-state index < -0.39 is 5.97 Å². The molecular weight excluding hydrogens is 233 g/mol. The molecule has 0 aromatic heterocycles. The topological polar surface area (TPSA) is 40.5 Å². The number of aromatic carboxylic acids is 1. The maximum absolute atomic E-state index is 13.3. The van der Waals surface area contributed by atoms with Crippen molar-refractivity contribution in [1.29, 1.82) is 0 Å². The summed E-state index contributed by atoms with van der Waals surface area (Å²) in [6.45, 7) is 3.55. The van der Waals surface area contributed by atoms with Crippen LogP contribution in [0.4, 0.5) is 4.39 Å². The normalized spacial score (nSPS) is 15.1. The fourth-order valence-electron chi connectivity index (χ4n) is 2.24. The minimum atomic E-state index is -0.989. The van der Waals surface area contributed by atoms with Crippen molar-refractivity contribution in [3.05, 3.63) is 35.1 Å². The van der Waals surface area contributed by atoms with Crippen molar-refractivity contribution in [3.8, 4) is 0 Å². The number of hydrogen-bond donors (Lipinski definition) is 1. The quantitative estimate of drug-likeness (QED) is 0.845. The summed E-state index contributed by atoms with van der Waals surface area (Å²) in [7, 11) is 0. The van der Waals surface area contributed by atoms with Crippen molar-refractivity contribution in [3.63, 3.8) is 0 Å². The van der Waals surface area contributed by atoms with Gasteiger partial charge < -0.3 is 5.11 Å². The highest BCUT2D eigenvalue weighted by molar-refractivity contribution is 5.89. The van der Waals surface area contributed by atoms with Crippen molar-refractivity contribution in [2.75, 3.05) is 6.54 Å². The first-order valence-electron chi connectivity index (χ1n) is 6.37. The van der Waals surface area contributed by atoms with Crippen LogP contribution in [0, 0.1) is 5.82 Å². The number of benzene rings is 1. The molecular formula is C14H18FNO2. The zero-order chi connectivity index (χ0) is 13.1. The van der Waals surface area contributed by atoms with Crippen molar-refractivity contribution >= 4 is 5.97 Å². The molecule has 1 aliphatic rings. The van der Waals surface area contributed by atoms with E-state index in [9.17, 15) is 9.18 Å². The maximum atomic E-state index is 13.3. The summed E-state index contributed by atoms with van der Waals surface area (Å²) in [6.07, 6.45) is 3.35. The molecule has 1 N–H and O–H groups in total. The zero-order valence-corrected chi connectivity index (χ0v) is 10.5. The Morgan fingerprint density at radius 3 is 2.78 bits per heavy atom. The molecule has 0 aliphatic heterocycles. The monoisotopic (exact) mass is 251 g/mol. The molecule has 3 nitrogen and oxygen atoms in total. The average Bonchev–Trinajstić information content (AvgIpc) is 3.12. The summed E-state index contributed by atoms with van der Waals surface area (Å²) >= 11 is 0. The Morgan fingerprint density at radius 1 is 1.50 bits per heavy atom. The van der Waals surface area contributed by atoms with Gasteiger partial charge in [-0.2, -0.15) is 0 Å². The number of carbonyl (C=O) groups is 1. The highest BCUT2D eigenvalue weighted by atomic mass is 19.1. The van der Waals surface area contributed by atoms with Crippen LogP contribution < -0.4 is 0 Å². The number of nitrogens with zero attached hydrogens (tertiary/aromatic N) is 1. The molecule has 0 bridgehead atoms. The SMILES string of the molecule is CCCN(Cc1cc(F)ccc1C(=O)O)C1CC1. The Morgan fingerprint density at radius 2 is 2.22 bits per heavy atom. The molecule has 0 atom stereocenters. The third-order valence-corrected chi connectivity index (χ3v) is 3.25. The molecule has 98 valence electrons. The Balaban J connectivity index is 2.20. The van der Waals surface area contributed by atoms with Gasteiger partial charge in [-0.25, -0.2) is 9.18 Å². The van der Waals surface area contributed by atoms with E-state index in [0.29, 0.717) is 18.2 Å². The van der Waals surface area contributed by atoms with Crippen LogP contribution >= 0.6 is 0 Å². The lowest BCUT2D eigenvalue weighted by Gasteiger charge is -2.22. The molecule has 1 aliphatic carbocycles. The molecule has 1 aromatic carbocycles. The first-order chi connectivity index (χ1) is 8.61. The van der Waals surface area contributed by atoms with E-state index in [0.717, 1.165) is 25.8 Å². The molecule has 0 saturated heterocycles. The second-order valence-corrected chi connectivity index (χ2v) is 4.81. The van der Waals surface area contributed by atoms with E-state index in [-0.39, 0.29) is 11.4 Å². The van der Waals surface area contributed by atoms with Crippen molar-refractivity contribution in [1.82, 2.24) is 4.90 Å². The molecule has 0 unspecified atom stereocenters. The summed E-state index contributed by atoms with van der Waals surface area (Å²) in [6, 6.07) is 4.45. The number of halogens is 1. The minimum absolute atomic E-state index is 0.207. The van der Waals surface area contributed by atoms with Crippen LogP contribution in [0.1, 0.15) is 42.1 Å². The second kappa shape index (κ2) is 5.48. The average molecular weight is 251 g/mol. The smallest absolute Gasteiger partial charge is 0.336 e. The van der Waals surface area contributed by atoms with E-state index in [1.165, 1.54) is 18.2 Å². The molecule has 0 heterocycles. The number of carboxylic acid groups (broad SMARTS) is 1. The van der Waals surface area contributed by atoms with Crippen LogP contribution in [0.25, 0.3) is 0 Å².